The highest BCUT2D eigenvalue weighted by molar-refractivity contribution is 5.63. The standard InChI is InChI=1S/C24H16F2N2O/c25-22-5-1-3-17(12-22)10-21-11-18(9-20(14-27)15-28)7-8-24(21)29-16-19-4-2-6-23(26)13-19/h1-9,11-13H,10,16H2. The van der Waals surface area contributed by atoms with Crippen LogP contribution in [0.25, 0.3) is 6.08 Å². The molecule has 29 heavy (non-hydrogen) atoms. The number of halogens is 2. The first-order valence-electron chi connectivity index (χ1n) is 8.84. The second kappa shape index (κ2) is 9.30. The van der Waals surface area contributed by atoms with Gasteiger partial charge in [-0.3, -0.25) is 0 Å². The number of allylic oxidation sites excluding steroid dienone is 1. The lowest BCUT2D eigenvalue weighted by atomic mass is 10.0. The van der Waals surface area contributed by atoms with Crippen LogP contribution in [0.1, 0.15) is 22.3 Å². The molecule has 0 N–H and O–H groups in total. The topological polar surface area (TPSA) is 56.8 Å². The molecule has 0 unspecified atom stereocenters. The molecule has 0 aliphatic heterocycles. The number of nitrogens with zero attached hydrogens (tertiary/aromatic N) is 2. The first-order chi connectivity index (χ1) is 14.1. The van der Waals surface area contributed by atoms with Crippen molar-refractivity contribution >= 4 is 6.08 Å². The van der Waals surface area contributed by atoms with Crippen LogP contribution in [0.3, 0.4) is 0 Å². The van der Waals surface area contributed by atoms with Gasteiger partial charge in [0.15, 0.2) is 0 Å². The maximum Gasteiger partial charge on any atom is 0.130 e. The summed E-state index contributed by atoms with van der Waals surface area (Å²) in [5, 5.41) is 17.9. The monoisotopic (exact) mass is 386 g/mol. The van der Waals surface area contributed by atoms with Gasteiger partial charge in [-0.2, -0.15) is 10.5 Å². The lowest BCUT2D eigenvalue weighted by Gasteiger charge is -2.13. The van der Waals surface area contributed by atoms with E-state index < -0.39 is 0 Å². The lowest BCUT2D eigenvalue weighted by molar-refractivity contribution is 0.303. The minimum Gasteiger partial charge on any atom is -0.489 e. The van der Waals surface area contributed by atoms with Gasteiger partial charge in [-0.1, -0.05) is 30.3 Å². The Bertz CT molecular complexity index is 1120. The van der Waals surface area contributed by atoms with Crippen molar-refractivity contribution in [1.82, 2.24) is 0 Å². The van der Waals surface area contributed by atoms with Crippen molar-refractivity contribution < 1.29 is 13.5 Å². The Balaban J connectivity index is 1.92. The van der Waals surface area contributed by atoms with Crippen molar-refractivity contribution in [1.29, 1.82) is 10.5 Å². The van der Waals surface area contributed by atoms with Crippen molar-refractivity contribution in [3.63, 3.8) is 0 Å². The molecule has 3 nitrogen and oxygen atoms in total. The molecule has 3 rings (SSSR count). The van der Waals surface area contributed by atoms with Crippen LogP contribution in [0, 0.1) is 34.3 Å². The third-order valence-electron chi connectivity index (χ3n) is 4.20. The van der Waals surface area contributed by atoms with Gasteiger partial charge in [-0.05, 0) is 64.7 Å². The molecule has 5 heteroatoms. The fourth-order valence-electron chi connectivity index (χ4n) is 2.88. The number of rotatable bonds is 6. The van der Waals surface area contributed by atoms with Gasteiger partial charge in [0, 0.05) is 6.42 Å². The molecule has 0 saturated carbocycles. The summed E-state index contributed by atoms with van der Waals surface area (Å²) in [5.74, 6) is -0.115. The first kappa shape index (κ1) is 19.8. The smallest absolute Gasteiger partial charge is 0.130 e. The maximum atomic E-state index is 13.6. The molecule has 3 aromatic rings. The Morgan fingerprint density at radius 1 is 0.862 bits per heavy atom. The molecule has 142 valence electrons. The third kappa shape index (κ3) is 5.51. The summed E-state index contributed by atoms with van der Waals surface area (Å²) in [6.45, 7) is 0.171. The van der Waals surface area contributed by atoms with Crippen molar-refractivity contribution in [2.24, 2.45) is 0 Å². The average molecular weight is 386 g/mol. The second-order valence-electron chi connectivity index (χ2n) is 6.37. The molecule has 0 saturated heterocycles. The highest BCUT2D eigenvalue weighted by atomic mass is 19.1. The molecule has 0 amide bonds. The van der Waals surface area contributed by atoms with Gasteiger partial charge < -0.3 is 4.74 Å². The highest BCUT2D eigenvalue weighted by Gasteiger charge is 2.09. The molecule has 0 aliphatic carbocycles. The maximum absolute atomic E-state index is 13.6. The fraction of sp³-hybridized carbons (Fsp3) is 0.0833. The zero-order valence-corrected chi connectivity index (χ0v) is 15.4. The van der Waals surface area contributed by atoms with Gasteiger partial charge in [-0.15, -0.1) is 0 Å². The molecule has 0 bridgehead atoms. The van der Waals surface area contributed by atoms with Crippen molar-refractivity contribution in [2.75, 3.05) is 0 Å². The minimum atomic E-state index is -0.341. The van der Waals surface area contributed by atoms with Crippen LogP contribution < -0.4 is 4.74 Å². The Kier molecular flexibility index (Phi) is 6.35. The van der Waals surface area contributed by atoms with Crippen molar-refractivity contribution in [2.45, 2.75) is 13.0 Å². The van der Waals surface area contributed by atoms with Gasteiger partial charge in [0.1, 0.15) is 41.7 Å². The van der Waals surface area contributed by atoms with E-state index in [1.807, 2.05) is 12.1 Å². The SMILES string of the molecule is N#CC(C#N)=Cc1ccc(OCc2cccc(F)c2)c(Cc2cccc(F)c2)c1. The summed E-state index contributed by atoms with van der Waals surface area (Å²) >= 11 is 0. The number of benzene rings is 3. The Morgan fingerprint density at radius 2 is 1.52 bits per heavy atom. The van der Waals surface area contributed by atoms with Crippen molar-refractivity contribution in [3.05, 3.63) is 106 Å². The van der Waals surface area contributed by atoms with E-state index in [1.54, 1.807) is 42.5 Å². The van der Waals surface area contributed by atoms with Crippen LogP contribution in [-0.4, -0.2) is 0 Å². The summed E-state index contributed by atoms with van der Waals surface area (Å²) in [7, 11) is 0. The number of ether oxygens (including phenoxy) is 1. The van der Waals surface area contributed by atoms with E-state index in [0.29, 0.717) is 23.3 Å². The molecule has 0 heterocycles. The van der Waals surface area contributed by atoms with E-state index in [0.717, 1.165) is 11.1 Å². The van der Waals surface area contributed by atoms with Crippen LogP contribution in [0.5, 0.6) is 5.75 Å². The van der Waals surface area contributed by atoms with Crippen LogP contribution in [0.15, 0.2) is 72.3 Å². The number of hydrogen-bond donors (Lipinski definition) is 0. The van der Waals surface area contributed by atoms with Crippen molar-refractivity contribution in [3.8, 4) is 17.9 Å². The van der Waals surface area contributed by atoms with Gasteiger partial charge >= 0.3 is 0 Å². The lowest BCUT2D eigenvalue weighted by Crippen LogP contribution is -2.00. The van der Waals surface area contributed by atoms with E-state index in [9.17, 15) is 8.78 Å². The van der Waals surface area contributed by atoms with E-state index in [-0.39, 0.29) is 23.8 Å². The van der Waals surface area contributed by atoms with E-state index >= 15 is 0 Å². The summed E-state index contributed by atoms with van der Waals surface area (Å²) in [6.07, 6.45) is 1.87. The molecule has 0 fully saturated rings. The molecule has 0 spiro atoms. The summed E-state index contributed by atoms with van der Waals surface area (Å²) < 4.78 is 32.8. The predicted molar refractivity (Wildman–Crippen MR) is 106 cm³/mol. The fourth-order valence-corrected chi connectivity index (χ4v) is 2.88. The van der Waals surface area contributed by atoms with E-state index in [2.05, 4.69) is 0 Å². The highest BCUT2D eigenvalue weighted by Crippen LogP contribution is 2.26. The number of hydrogen-bond acceptors (Lipinski definition) is 3. The molecule has 0 aromatic heterocycles. The second-order valence-corrected chi connectivity index (χ2v) is 6.37. The van der Waals surface area contributed by atoms with Gasteiger partial charge in [-0.25, -0.2) is 8.78 Å². The molecule has 0 atom stereocenters. The van der Waals surface area contributed by atoms with Gasteiger partial charge in [0.2, 0.25) is 0 Å². The molecule has 3 aromatic carbocycles. The summed E-state index contributed by atoms with van der Waals surface area (Å²) in [4.78, 5) is 0. The quantitative estimate of drug-likeness (QED) is 0.521. The Labute approximate surface area is 167 Å². The first-order valence-corrected chi connectivity index (χ1v) is 8.84. The molecule has 0 aliphatic rings. The third-order valence-corrected chi connectivity index (χ3v) is 4.20. The van der Waals surface area contributed by atoms with Crippen LogP contribution in [-0.2, 0) is 13.0 Å². The zero-order valence-electron chi connectivity index (χ0n) is 15.4. The largest absolute Gasteiger partial charge is 0.489 e. The predicted octanol–water partition coefficient (Wildman–Crippen LogP) is 5.57. The molecular formula is C24H16F2N2O. The van der Waals surface area contributed by atoms with E-state index in [1.165, 1.54) is 30.3 Å². The summed E-state index contributed by atoms with van der Waals surface area (Å²) in [6, 6.07) is 21.3. The van der Waals surface area contributed by atoms with Gasteiger partial charge in [0.25, 0.3) is 0 Å². The normalized spacial score (nSPS) is 9.93. The van der Waals surface area contributed by atoms with Crippen LogP contribution in [0.2, 0.25) is 0 Å². The molecular weight excluding hydrogens is 370 g/mol. The zero-order chi connectivity index (χ0) is 20.6. The Hall–Kier alpha value is -3.96. The Morgan fingerprint density at radius 3 is 2.17 bits per heavy atom. The van der Waals surface area contributed by atoms with Gasteiger partial charge in [0.05, 0.1) is 0 Å². The van der Waals surface area contributed by atoms with E-state index in [4.69, 9.17) is 15.3 Å². The van der Waals surface area contributed by atoms with Crippen LogP contribution >= 0.6 is 0 Å². The summed E-state index contributed by atoms with van der Waals surface area (Å²) in [5.41, 5.74) is 2.84. The minimum absolute atomic E-state index is 0.0184. The number of nitriles is 2. The van der Waals surface area contributed by atoms with Crippen LogP contribution in [0.4, 0.5) is 8.78 Å². The average Bonchev–Trinajstić information content (AvgIpc) is 2.71. The molecule has 0 radical (unpaired) electrons.